The highest BCUT2D eigenvalue weighted by Gasteiger charge is 2.15. The van der Waals surface area contributed by atoms with Gasteiger partial charge in [0.2, 0.25) is 5.91 Å². The summed E-state index contributed by atoms with van der Waals surface area (Å²) in [4.78, 5) is 30.4. The summed E-state index contributed by atoms with van der Waals surface area (Å²) in [6.07, 6.45) is 3.60. The molecule has 3 rings (SSSR count). The molecule has 0 aliphatic rings. The van der Waals surface area contributed by atoms with Gasteiger partial charge < -0.3 is 4.90 Å². The molecule has 5 heteroatoms. The molecule has 0 saturated carbocycles. The second kappa shape index (κ2) is 8.76. The zero-order valence-corrected chi connectivity index (χ0v) is 14.5. The van der Waals surface area contributed by atoms with Crippen molar-refractivity contribution in [3.05, 3.63) is 101 Å². The predicted octanol–water partition coefficient (Wildman–Crippen LogP) is 2.51. The number of rotatable bonds is 7. The number of amides is 1. The standard InChI is InChI=1S/C21H21N3O2/c25-20-11-13-22-17-24(20)16-21(26)23(15-19-9-5-2-6-10-19)14-12-18-7-3-1-4-8-18/h1-11,13,17H,12,14-16H2. The average Bonchev–Trinajstić information content (AvgIpc) is 2.68. The van der Waals surface area contributed by atoms with E-state index in [1.165, 1.54) is 28.7 Å². The van der Waals surface area contributed by atoms with Crippen LogP contribution in [-0.4, -0.2) is 26.9 Å². The van der Waals surface area contributed by atoms with E-state index in [1.54, 1.807) is 4.90 Å². The maximum Gasteiger partial charge on any atom is 0.253 e. The number of nitrogens with zero attached hydrogens (tertiary/aromatic N) is 3. The highest BCUT2D eigenvalue weighted by atomic mass is 16.2. The van der Waals surface area contributed by atoms with Crippen LogP contribution < -0.4 is 5.56 Å². The minimum Gasteiger partial charge on any atom is -0.336 e. The third-order valence-corrected chi connectivity index (χ3v) is 4.18. The zero-order chi connectivity index (χ0) is 18.2. The first-order valence-corrected chi connectivity index (χ1v) is 8.58. The number of hydrogen-bond donors (Lipinski definition) is 0. The molecule has 0 unspecified atom stereocenters. The quantitative estimate of drug-likeness (QED) is 0.660. The summed E-state index contributed by atoms with van der Waals surface area (Å²) in [5, 5.41) is 0. The molecule has 0 atom stereocenters. The fraction of sp³-hybridized carbons (Fsp3) is 0.190. The molecule has 0 fully saturated rings. The number of aromatic nitrogens is 2. The lowest BCUT2D eigenvalue weighted by Gasteiger charge is -2.23. The van der Waals surface area contributed by atoms with Crippen molar-refractivity contribution in [1.29, 1.82) is 0 Å². The van der Waals surface area contributed by atoms with Crippen molar-refractivity contribution in [3.8, 4) is 0 Å². The van der Waals surface area contributed by atoms with Gasteiger partial charge in [-0.15, -0.1) is 0 Å². The van der Waals surface area contributed by atoms with Crippen molar-refractivity contribution in [2.24, 2.45) is 0 Å². The lowest BCUT2D eigenvalue weighted by molar-refractivity contribution is -0.132. The monoisotopic (exact) mass is 347 g/mol. The van der Waals surface area contributed by atoms with E-state index >= 15 is 0 Å². The summed E-state index contributed by atoms with van der Waals surface area (Å²) in [5.41, 5.74) is 2.01. The first-order valence-electron chi connectivity index (χ1n) is 8.58. The van der Waals surface area contributed by atoms with Crippen molar-refractivity contribution in [3.63, 3.8) is 0 Å². The lowest BCUT2D eigenvalue weighted by Crippen LogP contribution is -2.37. The molecule has 1 amide bonds. The second-order valence-corrected chi connectivity index (χ2v) is 6.08. The summed E-state index contributed by atoms with van der Waals surface area (Å²) < 4.78 is 1.34. The third kappa shape index (κ3) is 4.89. The topological polar surface area (TPSA) is 55.2 Å². The van der Waals surface area contributed by atoms with Crippen LogP contribution in [0.4, 0.5) is 0 Å². The van der Waals surface area contributed by atoms with Crippen LogP contribution in [0.3, 0.4) is 0 Å². The maximum absolute atomic E-state index is 12.8. The molecule has 0 saturated heterocycles. The molecular formula is C21H21N3O2. The molecule has 26 heavy (non-hydrogen) atoms. The van der Waals surface area contributed by atoms with Crippen LogP contribution >= 0.6 is 0 Å². The van der Waals surface area contributed by atoms with Crippen molar-refractivity contribution >= 4 is 5.91 Å². The smallest absolute Gasteiger partial charge is 0.253 e. The van der Waals surface area contributed by atoms with Crippen molar-refractivity contribution in [2.45, 2.75) is 19.5 Å². The van der Waals surface area contributed by atoms with Crippen LogP contribution in [0.15, 0.2) is 84.0 Å². The van der Waals surface area contributed by atoms with Gasteiger partial charge in [0.05, 0.1) is 6.33 Å². The second-order valence-electron chi connectivity index (χ2n) is 6.08. The van der Waals surface area contributed by atoms with E-state index < -0.39 is 0 Å². The first kappa shape index (κ1) is 17.6. The van der Waals surface area contributed by atoms with E-state index in [2.05, 4.69) is 17.1 Å². The molecule has 0 bridgehead atoms. The minimum atomic E-state index is -0.226. The zero-order valence-electron chi connectivity index (χ0n) is 14.5. The van der Waals surface area contributed by atoms with Crippen LogP contribution in [0.5, 0.6) is 0 Å². The Hall–Kier alpha value is -3.21. The molecule has 1 aromatic heterocycles. The molecule has 0 aliphatic carbocycles. The Morgan fingerprint density at radius 1 is 0.923 bits per heavy atom. The van der Waals surface area contributed by atoms with E-state index in [0.717, 1.165) is 12.0 Å². The molecule has 2 aromatic carbocycles. The Balaban J connectivity index is 1.74. The molecule has 132 valence electrons. The summed E-state index contributed by atoms with van der Waals surface area (Å²) >= 11 is 0. The van der Waals surface area contributed by atoms with Crippen LogP contribution in [0.1, 0.15) is 11.1 Å². The predicted molar refractivity (Wildman–Crippen MR) is 101 cm³/mol. The molecule has 0 N–H and O–H groups in total. The van der Waals surface area contributed by atoms with Gasteiger partial charge in [-0.1, -0.05) is 60.7 Å². The van der Waals surface area contributed by atoms with Gasteiger partial charge in [-0.05, 0) is 17.5 Å². The molecule has 5 nitrogen and oxygen atoms in total. The average molecular weight is 347 g/mol. The van der Waals surface area contributed by atoms with Crippen molar-refractivity contribution in [2.75, 3.05) is 6.54 Å². The largest absolute Gasteiger partial charge is 0.336 e. The minimum absolute atomic E-state index is 0.00566. The van der Waals surface area contributed by atoms with Gasteiger partial charge >= 0.3 is 0 Å². The van der Waals surface area contributed by atoms with Gasteiger partial charge in [-0.25, -0.2) is 4.98 Å². The van der Waals surface area contributed by atoms with Crippen molar-refractivity contribution < 1.29 is 4.79 Å². The number of carbonyl (C=O) groups is 1. The third-order valence-electron chi connectivity index (χ3n) is 4.18. The highest BCUT2D eigenvalue weighted by Crippen LogP contribution is 2.08. The molecular weight excluding hydrogens is 326 g/mol. The Morgan fingerprint density at radius 3 is 2.23 bits per heavy atom. The number of carbonyl (C=O) groups excluding carboxylic acids is 1. The Bertz CT molecular complexity index is 892. The van der Waals surface area contributed by atoms with Gasteiger partial charge in [-0.2, -0.15) is 0 Å². The lowest BCUT2D eigenvalue weighted by atomic mass is 10.1. The van der Waals surface area contributed by atoms with Gasteiger partial charge in [0.15, 0.2) is 0 Å². The molecule has 0 aliphatic heterocycles. The van der Waals surface area contributed by atoms with Gasteiger partial charge in [0, 0.05) is 25.4 Å². The number of benzene rings is 2. The van der Waals surface area contributed by atoms with Gasteiger partial charge in [-0.3, -0.25) is 14.2 Å². The summed E-state index contributed by atoms with van der Waals surface area (Å²) in [6.45, 7) is 1.10. The van der Waals surface area contributed by atoms with Gasteiger partial charge in [0.25, 0.3) is 5.56 Å². The van der Waals surface area contributed by atoms with Crippen LogP contribution in [0, 0.1) is 0 Å². The van der Waals surface area contributed by atoms with E-state index in [-0.39, 0.29) is 18.0 Å². The Morgan fingerprint density at radius 2 is 1.58 bits per heavy atom. The van der Waals surface area contributed by atoms with Crippen LogP contribution in [-0.2, 0) is 24.3 Å². The Labute approximate surface area is 152 Å². The summed E-state index contributed by atoms with van der Waals surface area (Å²) in [6, 6.07) is 21.3. The van der Waals surface area contributed by atoms with E-state index in [9.17, 15) is 9.59 Å². The van der Waals surface area contributed by atoms with Crippen molar-refractivity contribution in [1.82, 2.24) is 14.5 Å². The SMILES string of the molecule is O=C(Cn1cnccc1=O)N(CCc1ccccc1)Cc1ccccc1. The maximum atomic E-state index is 12.8. The molecule has 3 aromatic rings. The molecule has 1 heterocycles. The molecule has 0 radical (unpaired) electrons. The fourth-order valence-electron chi connectivity index (χ4n) is 2.75. The van der Waals surface area contributed by atoms with Gasteiger partial charge in [0.1, 0.15) is 6.54 Å². The number of hydrogen-bond acceptors (Lipinski definition) is 3. The fourth-order valence-corrected chi connectivity index (χ4v) is 2.75. The normalized spacial score (nSPS) is 10.5. The molecule has 0 spiro atoms. The summed E-state index contributed by atoms with van der Waals surface area (Å²) in [7, 11) is 0. The van der Waals surface area contributed by atoms with E-state index in [4.69, 9.17) is 0 Å². The van der Waals surface area contributed by atoms with E-state index in [1.807, 2.05) is 48.5 Å². The first-order chi connectivity index (χ1) is 12.7. The summed E-state index contributed by atoms with van der Waals surface area (Å²) in [5.74, 6) is -0.0973. The van der Waals surface area contributed by atoms with Crippen LogP contribution in [0.25, 0.3) is 0 Å². The Kier molecular flexibility index (Phi) is 5.93. The van der Waals surface area contributed by atoms with E-state index in [0.29, 0.717) is 13.1 Å². The highest BCUT2D eigenvalue weighted by molar-refractivity contribution is 5.76. The van der Waals surface area contributed by atoms with Crippen LogP contribution in [0.2, 0.25) is 0 Å².